The van der Waals surface area contributed by atoms with Crippen LogP contribution in [0.4, 0.5) is 0 Å². The molecule has 0 radical (unpaired) electrons. The van der Waals surface area contributed by atoms with E-state index in [1.807, 2.05) is 0 Å². The van der Waals surface area contributed by atoms with Crippen molar-refractivity contribution in [2.45, 2.75) is 52.1 Å². The fourth-order valence-electron chi connectivity index (χ4n) is 1.07. The highest BCUT2D eigenvalue weighted by Crippen LogP contribution is 2.08. The Balaban J connectivity index is 3.62. The molecule has 0 aliphatic rings. The van der Waals surface area contributed by atoms with Gasteiger partial charge in [0, 0.05) is 6.42 Å². The van der Waals surface area contributed by atoms with Crippen LogP contribution in [0.2, 0.25) is 0 Å². The molecule has 0 spiro atoms. The molecular formula is C11H20O2. The lowest BCUT2D eigenvalue weighted by Crippen LogP contribution is -2.14. The van der Waals surface area contributed by atoms with Crippen LogP contribution in [-0.4, -0.2) is 12.1 Å². The van der Waals surface area contributed by atoms with Crippen LogP contribution in [0.3, 0.4) is 0 Å². The summed E-state index contributed by atoms with van der Waals surface area (Å²) in [7, 11) is 0. The maximum atomic E-state index is 10.9. The lowest BCUT2D eigenvalue weighted by molar-refractivity contribution is -0.146. The second-order valence-electron chi connectivity index (χ2n) is 3.11. The molecule has 76 valence electrons. The molecule has 0 rings (SSSR count). The van der Waals surface area contributed by atoms with Gasteiger partial charge < -0.3 is 4.74 Å². The van der Waals surface area contributed by atoms with Gasteiger partial charge in [0.25, 0.3) is 0 Å². The Morgan fingerprint density at radius 1 is 1.46 bits per heavy atom. The summed E-state index contributed by atoms with van der Waals surface area (Å²) in [4.78, 5) is 10.9. The Hall–Kier alpha value is -0.790. The molecule has 0 aliphatic carbocycles. The van der Waals surface area contributed by atoms with E-state index in [0.717, 1.165) is 12.8 Å². The topological polar surface area (TPSA) is 26.3 Å². The van der Waals surface area contributed by atoms with Crippen molar-refractivity contribution in [3.8, 4) is 0 Å². The molecule has 0 heterocycles. The largest absolute Gasteiger partial charge is 0.458 e. The van der Waals surface area contributed by atoms with Crippen LogP contribution >= 0.6 is 0 Å². The summed E-state index contributed by atoms with van der Waals surface area (Å²) >= 11 is 0. The van der Waals surface area contributed by atoms with Crippen molar-refractivity contribution in [2.75, 3.05) is 0 Å². The number of rotatable bonds is 7. The maximum Gasteiger partial charge on any atom is 0.306 e. The van der Waals surface area contributed by atoms with Gasteiger partial charge in [-0.2, -0.15) is 0 Å². The zero-order valence-electron chi connectivity index (χ0n) is 8.71. The normalized spacial score (nSPS) is 12.2. The van der Waals surface area contributed by atoms with Gasteiger partial charge in [-0.1, -0.05) is 39.3 Å². The van der Waals surface area contributed by atoms with Gasteiger partial charge in [-0.3, -0.25) is 4.79 Å². The summed E-state index contributed by atoms with van der Waals surface area (Å²) < 4.78 is 5.14. The van der Waals surface area contributed by atoms with E-state index in [0.29, 0.717) is 6.42 Å². The fraction of sp³-hybridized carbons (Fsp3) is 0.727. The Bertz CT molecular complexity index is 152. The number of ether oxygens (including phenoxy) is 1. The van der Waals surface area contributed by atoms with E-state index in [1.165, 1.54) is 12.8 Å². The van der Waals surface area contributed by atoms with Crippen molar-refractivity contribution in [3.63, 3.8) is 0 Å². The Morgan fingerprint density at radius 3 is 2.62 bits per heavy atom. The average molecular weight is 184 g/mol. The lowest BCUT2D eigenvalue weighted by Gasteiger charge is -2.12. The molecule has 0 saturated heterocycles. The first-order chi connectivity index (χ1) is 6.24. The minimum absolute atomic E-state index is 0.0843. The third-order valence-electron chi connectivity index (χ3n) is 1.93. The van der Waals surface area contributed by atoms with Crippen molar-refractivity contribution in [1.82, 2.24) is 0 Å². The lowest BCUT2D eigenvalue weighted by atomic mass is 10.1. The van der Waals surface area contributed by atoms with E-state index in [4.69, 9.17) is 4.74 Å². The number of esters is 1. The van der Waals surface area contributed by atoms with Gasteiger partial charge in [0.2, 0.25) is 0 Å². The summed E-state index contributed by atoms with van der Waals surface area (Å²) in [6.07, 6.45) is 6.45. The van der Waals surface area contributed by atoms with E-state index >= 15 is 0 Å². The van der Waals surface area contributed by atoms with E-state index < -0.39 is 0 Å². The summed E-state index contributed by atoms with van der Waals surface area (Å²) in [6.45, 7) is 7.60. The molecule has 1 atom stereocenters. The average Bonchev–Trinajstić information content (AvgIpc) is 2.16. The van der Waals surface area contributed by atoms with Gasteiger partial charge in [0.1, 0.15) is 6.10 Å². The first kappa shape index (κ1) is 12.2. The van der Waals surface area contributed by atoms with Crippen LogP contribution in [0.1, 0.15) is 46.0 Å². The molecule has 0 bridgehead atoms. The first-order valence-corrected chi connectivity index (χ1v) is 5.06. The standard InChI is InChI=1S/C11H20O2/c1-4-7-8-9-10(5-2)13-11(12)6-3/h5,10H,2,4,6-9H2,1,3H3/t10-/m0/s1. The molecule has 2 nitrogen and oxygen atoms in total. The van der Waals surface area contributed by atoms with Gasteiger partial charge in [0.15, 0.2) is 0 Å². The maximum absolute atomic E-state index is 10.9. The molecular weight excluding hydrogens is 164 g/mol. The van der Waals surface area contributed by atoms with E-state index in [-0.39, 0.29) is 12.1 Å². The van der Waals surface area contributed by atoms with Crippen LogP contribution in [0.5, 0.6) is 0 Å². The molecule has 0 aromatic rings. The fourth-order valence-corrected chi connectivity index (χ4v) is 1.07. The molecule has 0 saturated carbocycles. The van der Waals surface area contributed by atoms with E-state index in [2.05, 4.69) is 13.5 Å². The minimum Gasteiger partial charge on any atom is -0.458 e. The highest BCUT2D eigenvalue weighted by molar-refractivity contribution is 5.69. The van der Waals surface area contributed by atoms with Crippen LogP contribution < -0.4 is 0 Å². The van der Waals surface area contributed by atoms with Crippen LogP contribution in [0, 0.1) is 0 Å². The van der Waals surface area contributed by atoms with Crippen molar-refractivity contribution in [1.29, 1.82) is 0 Å². The highest BCUT2D eigenvalue weighted by Gasteiger charge is 2.08. The van der Waals surface area contributed by atoms with Gasteiger partial charge in [-0.25, -0.2) is 0 Å². The molecule has 0 unspecified atom stereocenters. The Labute approximate surface area is 81.0 Å². The molecule has 13 heavy (non-hydrogen) atoms. The second-order valence-corrected chi connectivity index (χ2v) is 3.11. The smallest absolute Gasteiger partial charge is 0.306 e. The molecule has 0 N–H and O–H groups in total. The zero-order chi connectivity index (χ0) is 10.1. The first-order valence-electron chi connectivity index (χ1n) is 5.06. The third-order valence-corrected chi connectivity index (χ3v) is 1.93. The third kappa shape index (κ3) is 6.38. The van der Waals surface area contributed by atoms with Gasteiger partial charge in [-0.15, -0.1) is 0 Å². The van der Waals surface area contributed by atoms with Gasteiger partial charge in [-0.05, 0) is 12.8 Å². The Morgan fingerprint density at radius 2 is 2.15 bits per heavy atom. The van der Waals surface area contributed by atoms with Crippen LogP contribution in [0.15, 0.2) is 12.7 Å². The molecule has 0 aliphatic heterocycles. The molecule has 2 heteroatoms. The van der Waals surface area contributed by atoms with Gasteiger partial charge in [0.05, 0.1) is 0 Å². The number of carbonyl (C=O) groups excluding carboxylic acids is 1. The second kappa shape index (κ2) is 7.84. The summed E-state index contributed by atoms with van der Waals surface area (Å²) in [5.74, 6) is -0.138. The van der Waals surface area contributed by atoms with Crippen molar-refractivity contribution in [2.24, 2.45) is 0 Å². The number of hydrogen-bond acceptors (Lipinski definition) is 2. The van der Waals surface area contributed by atoms with E-state index in [1.54, 1.807) is 13.0 Å². The molecule has 0 aromatic heterocycles. The highest BCUT2D eigenvalue weighted by atomic mass is 16.5. The SMILES string of the molecule is C=C[C@@H](CCCCC)OC(=O)CC. The molecule has 0 amide bonds. The quantitative estimate of drug-likeness (QED) is 0.345. The summed E-state index contributed by atoms with van der Waals surface area (Å²) in [6, 6.07) is 0. The van der Waals surface area contributed by atoms with Crippen molar-refractivity contribution >= 4 is 5.97 Å². The molecule has 0 fully saturated rings. The predicted molar refractivity (Wildman–Crippen MR) is 54.5 cm³/mol. The number of unbranched alkanes of at least 4 members (excludes halogenated alkanes) is 2. The minimum atomic E-state index is -0.138. The summed E-state index contributed by atoms with van der Waals surface area (Å²) in [5, 5.41) is 0. The predicted octanol–water partition coefficient (Wildman–Crippen LogP) is 3.07. The number of carbonyl (C=O) groups is 1. The summed E-state index contributed by atoms with van der Waals surface area (Å²) in [5.41, 5.74) is 0. The number of hydrogen-bond donors (Lipinski definition) is 0. The van der Waals surface area contributed by atoms with Crippen molar-refractivity contribution in [3.05, 3.63) is 12.7 Å². The van der Waals surface area contributed by atoms with Gasteiger partial charge >= 0.3 is 5.97 Å². The van der Waals surface area contributed by atoms with Crippen LogP contribution in [-0.2, 0) is 9.53 Å². The zero-order valence-corrected chi connectivity index (χ0v) is 8.71. The van der Waals surface area contributed by atoms with Crippen LogP contribution in [0.25, 0.3) is 0 Å². The Kier molecular flexibility index (Phi) is 7.36. The van der Waals surface area contributed by atoms with E-state index in [9.17, 15) is 4.79 Å². The molecule has 0 aromatic carbocycles. The monoisotopic (exact) mass is 184 g/mol. The van der Waals surface area contributed by atoms with Crippen molar-refractivity contribution < 1.29 is 9.53 Å².